The van der Waals surface area contributed by atoms with Gasteiger partial charge in [0.2, 0.25) is 0 Å². The van der Waals surface area contributed by atoms with Gasteiger partial charge < -0.3 is 9.47 Å². The highest BCUT2D eigenvalue weighted by atomic mass is 16.5. The van der Waals surface area contributed by atoms with Crippen molar-refractivity contribution in [1.82, 2.24) is 0 Å². The summed E-state index contributed by atoms with van der Waals surface area (Å²) in [6.07, 6.45) is 27.1. The minimum Gasteiger partial charge on any atom is -0.385 e. The minimum absolute atomic E-state index is 0.565. The van der Waals surface area contributed by atoms with E-state index in [-0.39, 0.29) is 0 Å². The fourth-order valence-electron chi connectivity index (χ4n) is 4.43. The van der Waals surface area contributed by atoms with E-state index in [0.717, 1.165) is 19.1 Å². The summed E-state index contributed by atoms with van der Waals surface area (Å²) in [5.74, 6) is 0.853. The van der Waals surface area contributed by atoms with Gasteiger partial charge in [-0.3, -0.25) is 0 Å². The topological polar surface area (TPSA) is 18.5 Å². The molecule has 0 aromatic heterocycles. The third-order valence-corrected chi connectivity index (χ3v) is 6.25. The van der Waals surface area contributed by atoms with Gasteiger partial charge in [0.25, 0.3) is 0 Å². The van der Waals surface area contributed by atoms with E-state index in [1.165, 1.54) is 122 Å². The maximum atomic E-state index is 6.03. The first kappa shape index (κ1) is 25.0. The standard InChI is InChI=1S/C25H50O2/c1-3-4-5-6-7-8-9-10-11-12-13-16-19-24-22-25(27-23-24)20-17-14-15-18-21-26-2/h24-25H,3-23H2,1-2H3/t24-,25-/m1/s1. The van der Waals surface area contributed by atoms with Crippen LogP contribution in [-0.4, -0.2) is 26.4 Å². The number of rotatable bonds is 20. The molecule has 0 unspecified atom stereocenters. The predicted molar refractivity (Wildman–Crippen MR) is 119 cm³/mol. The quantitative estimate of drug-likeness (QED) is 0.198. The summed E-state index contributed by atoms with van der Waals surface area (Å²) in [5, 5.41) is 0. The van der Waals surface area contributed by atoms with Gasteiger partial charge in [-0.2, -0.15) is 0 Å². The minimum atomic E-state index is 0.565. The SMILES string of the molecule is CCCCCCCCCCCCCC[C@H]1CO[C@H](CCCCCCOC)C1. The maximum absolute atomic E-state index is 6.03. The molecule has 0 radical (unpaired) electrons. The molecule has 1 fully saturated rings. The number of hydrogen-bond acceptors (Lipinski definition) is 2. The predicted octanol–water partition coefficient (Wildman–Crippen LogP) is 8.08. The van der Waals surface area contributed by atoms with Crippen molar-refractivity contribution < 1.29 is 9.47 Å². The first-order valence-corrected chi connectivity index (χ1v) is 12.5. The van der Waals surface area contributed by atoms with Gasteiger partial charge in [0, 0.05) is 20.3 Å². The fourth-order valence-corrected chi connectivity index (χ4v) is 4.43. The number of methoxy groups -OCH3 is 1. The van der Waals surface area contributed by atoms with Gasteiger partial charge in [-0.05, 0) is 31.6 Å². The third kappa shape index (κ3) is 15.5. The molecule has 0 aliphatic carbocycles. The van der Waals surface area contributed by atoms with Crippen molar-refractivity contribution in [2.45, 2.75) is 135 Å². The van der Waals surface area contributed by atoms with Crippen LogP contribution in [0.5, 0.6) is 0 Å². The molecular formula is C25H50O2. The summed E-state index contributed by atoms with van der Waals surface area (Å²) in [6.45, 7) is 4.25. The summed E-state index contributed by atoms with van der Waals surface area (Å²) in [4.78, 5) is 0. The van der Waals surface area contributed by atoms with Crippen LogP contribution in [0, 0.1) is 5.92 Å². The summed E-state index contributed by atoms with van der Waals surface area (Å²) in [7, 11) is 1.79. The van der Waals surface area contributed by atoms with Crippen molar-refractivity contribution in [3.05, 3.63) is 0 Å². The lowest BCUT2D eigenvalue weighted by atomic mass is 9.95. The van der Waals surface area contributed by atoms with Crippen LogP contribution in [0.25, 0.3) is 0 Å². The van der Waals surface area contributed by atoms with Crippen LogP contribution in [0.1, 0.15) is 129 Å². The number of unbranched alkanes of at least 4 members (excludes halogenated alkanes) is 14. The van der Waals surface area contributed by atoms with Gasteiger partial charge in [0.15, 0.2) is 0 Å². The lowest BCUT2D eigenvalue weighted by molar-refractivity contribution is 0.0970. The Balaban J connectivity index is 1.79. The highest BCUT2D eigenvalue weighted by molar-refractivity contribution is 4.73. The molecule has 162 valence electrons. The van der Waals surface area contributed by atoms with Gasteiger partial charge in [0.1, 0.15) is 0 Å². The molecule has 1 heterocycles. The van der Waals surface area contributed by atoms with Crippen molar-refractivity contribution in [3.8, 4) is 0 Å². The van der Waals surface area contributed by atoms with Crippen LogP contribution in [0.3, 0.4) is 0 Å². The molecule has 0 aromatic rings. The zero-order chi connectivity index (χ0) is 19.4. The maximum Gasteiger partial charge on any atom is 0.0578 e. The summed E-state index contributed by atoms with van der Waals surface area (Å²) in [5.41, 5.74) is 0. The second-order valence-electron chi connectivity index (χ2n) is 8.93. The molecule has 2 nitrogen and oxygen atoms in total. The molecule has 2 atom stereocenters. The molecule has 0 saturated carbocycles. The molecule has 1 aliphatic rings. The Labute approximate surface area is 171 Å². The average Bonchev–Trinajstić information content (AvgIpc) is 3.13. The van der Waals surface area contributed by atoms with Gasteiger partial charge >= 0.3 is 0 Å². The lowest BCUT2D eigenvalue weighted by Crippen LogP contribution is -2.04. The van der Waals surface area contributed by atoms with Crippen LogP contribution in [-0.2, 0) is 9.47 Å². The van der Waals surface area contributed by atoms with Crippen LogP contribution in [0.2, 0.25) is 0 Å². The molecular weight excluding hydrogens is 332 g/mol. The smallest absolute Gasteiger partial charge is 0.0578 e. The van der Waals surface area contributed by atoms with Crippen molar-refractivity contribution in [2.24, 2.45) is 5.92 Å². The van der Waals surface area contributed by atoms with E-state index in [9.17, 15) is 0 Å². The first-order chi connectivity index (χ1) is 13.4. The molecule has 0 spiro atoms. The molecule has 27 heavy (non-hydrogen) atoms. The Bertz CT molecular complexity index is 292. The van der Waals surface area contributed by atoms with Crippen LogP contribution < -0.4 is 0 Å². The Morgan fingerprint density at radius 3 is 1.78 bits per heavy atom. The monoisotopic (exact) mass is 382 g/mol. The molecule has 0 aromatic carbocycles. The van der Waals surface area contributed by atoms with Crippen molar-refractivity contribution in [3.63, 3.8) is 0 Å². The summed E-state index contributed by atoms with van der Waals surface area (Å²) >= 11 is 0. The zero-order valence-electron chi connectivity index (χ0n) is 18.8. The van der Waals surface area contributed by atoms with E-state index in [0.29, 0.717) is 6.10 Å². The molecule has 2 heteroatoms. The largest absolute Gasteiger partial charge is 0.385 e. The normalized spacial score (nSPS) is 19.8. The lowest BCUT2D eigenvalue weighted by Gasteiger charge is -2.09. The van der Waals surface area contributed by atoms with Crippen molar-refractivity contribution in [1.29, 1.82) is 0 Å². The first-order valence-electron chi connectivity index (χ1n) is 12.5. The highest BCUT2D eigenvalue weighted by Gasteiger charge is 2.24. The van der Waals surface area contributed by atoms with E-state index in [2.05, 4.69) is 6.92 Å². The van der Waals surface area contributed by atoms with Gasteiger partial charge in [0.05, 0.1) is 6.10 Å². The van der Waals surface area contributed by atoms with Gasteiger partial charge in [-0.1, -0.05) is 103 Å². The third-order valence-electron chi connectivity index (χ3n) is 6.25. The number of hydrogen-bond donors (Lipinski definition) is 0. The summed E-state index contributed by atoms with van der Waals surface area (Å²) < 4.78 is 11.1. The highest BCUT2D eigenvalue weighted by Crippen LogP contribution is 2.28. The number of ether oxygens (including phenoxy) is 2. The summed E-state index contributed by atoms with van der Waals surface area (Å²) in [6, 6.07) is 0. The molecule has 1 saturated heterocycles. The second-order valence-corrected chi connectivity index (χ2v) is 8.93. The van der Waals surface area contributed by atoms with Gasteiger partial charge in [-0.25, -0.2) is 0 Å². The Morgan fingerprint density at radius 2 is 1.19 bits per heavy atom. The van der Waals surface area contributed by atoms with Crippen molar-refractivity contribution in [2.75, 3.05) is 20.3 Å². The van der Waals surface area contributed by atoms with E-state index in [4.69, 9.17) is 9.47 Å². The molecule has 0 amide bonds. The fraction of sp³-hybridized carbons (Fsp3) is 1.00. The van der Waals surface area contributed by atoms with Crippen LogP contribution in [0.15, 0.2) is 0 Å². The van der Waals surface area contributed by atoms with Gasteiger partial charge in [-0.15, -0.1) is 0 Å². The molecule has 1 aliphatic heterocycles. The molecule has 1 rings (SSSR count). The Kier molecular flexibility index (Phi) is 17.8. The van der Waals surface area contributed by atoms with Crippen molar-refractivity contribution >= 4 is 0 Å². The van der Waals surface area contributed by atoms with E-state index in [1.807, 2.05) is 0 Å². The molecule has 0 N–H and O–H groups in total. The van der Waals surface area contributed by atoms with E-state index < -0.39 is 0 Å². The molecule has 0 bridgehead atoms. The Hall–Kier alpha value is -0.0800. The van der Waals surface area contributed by atoms with E-state index >= 15 is 0 Å². The second kappa shape index (κ2) is 19.2. The zero-order valence-corrected chi connectivity index (χ0v) is 18.8. The Morgan fingerprint density at radius 1 is 0.667 bits per heavy atom. The van der Waals surface area contributed by atoms with Crippen LogP contribution in [0.4, 0.5) is 0 Å². The van der Waals surface area contributed by atoms with Crippen LogP contribution >= 0.6 is 0 Å². The van der Waals surface area contributed by atoms with E-state index in [1.54, 1.807) is 7.11 Å². The average molecular weight is 383 g/mol.